The molecule has 2 atom stereocenters. The summed E-state index contributed by atoms with van der Waals surface area (Å²) < 4.78 is 27.1. The largest absolute Gasteiger partial charge is 0.479 e. The lowest BCUT2D eigenvalue weighted by molar-refractivity contribution is -0.169. The number of benzene rings is 1. The van der Waals surface area contributed by atoms with Gasteiger partial charge in [-0.15, -0.1) is 11.6 Å². The van der Waals surface area contributed by atoms with Gasteiger partial charge in [0, 0.05) is 7.79 Å². The van der Waals surface area contributed by atoms with Crippen molar-refractivity contribution in [2.75, 3.05) is 0 Å². The molecule has 7 heteroatoms. The van der Waals surface area contributed by atoms with Gasteiger partial charge in [0.2, 0.25) is 5.54 Å². The molecule has 0 amide bonds. The highest BCUT2D eigenvalue weighted by Gasteiger charge is 2.53. The predicted molar refractivity (Wildman–Crippen MR) is 102 cm³/mol. The highest BCUT2D eigenvalue weighted by Crippen LogP contribution is 2.45. The van der Waals surface area contributed by atoms with Crippen LogP contribution < -0.4 is 5.73 Å². The van der Waals surface area contributed by atoms with Crippen LogP contribution >= 0.6 is 11.6 Å². The Hall–Kier alpha value is -2.18. The normalized spacial score (nSPS) is 22.8. The zero-order valence-corrected chi connectivity index (χ0v) is 15.9. The maximum absolute atomic E-state index is 14.6. The number of alkyl halides is 1. The predicted octanol–water partition coefficient (Wildman–Crippen LogP) is 3.82. The molecule has 2 unspecified atom stereocenters. The van der Waals surface area contributed by atoms with Crippen LogP contribution in [0.4, 0.5) is 4.39 Å². The summed E-state index contributed by atoms with van der Waals surface area (Å²) in [5.41, 5.74) is 3.54. The number of rotatable bonds is 5. The second kappa shape index (κ2) is 7.44. The van der Waals surface area contributed by atoms with Crippen LogP contribution in [0.2, 0.25) is 0 Å². The Kier molecular flexibility index (Phi) is 5.40. The van der Waals surface area contributed by atoms with E-state index in [1.54, 1.807) is 6.08 Å². The number of carboxylic acid groups (broad SMARTS) is 1. The topological polar surface area (TPSA) is 89.6 Å². The van der Waals surface area contributed by atoms with E-state index in [0.29, 0.717) is 5.57 Å². The number of carboxylic acids is 1. The van der Waals surface area contributed by atoms with Gasteiger partial charge in [0.15, 0.2) is 0 Å². The van der Waals surface area contributed by atoms with Gasteiger partial charge in [-0.1, -0.05) is 36.4 Å². The lowest BCUT2D eigenvalue weighted by atomic mass is 9.79. The van der Waals surface area contributed by atoms with Gasteiger partial charge in [-0.05, 0) is 44.4 Å². The van der Waals surface area contributed by atoms with Crippen LogP contribution in [0.5, 0.6) is 0 Å². The monoisotopic (exact) mass is 396 g/mol. The Bertz CT molecular complexity index is 827. The SMILES string of the molecule is [2H]CC(C)(C)OC(=O)C(N)(CC1(Cl)CC(c2ccccc2)=CC=C1F)C(=O)O. The smallest absolute Gasteiger partial charge is 0.338 e. The van der Waals surface area contributed by atoms with Gasteiger partial charge in [0.05, 0.1) is 0 Å². The Morgan fingerprint density at radius 2 is 2.00 bits per heavy atom. The molecule has 5 nitrogen and oxygen atoms in total. The van der Waals surface area contributed by atoms with E-state index < -0.39 is 40.2 Å². The first-order chi connectivity index (χ1) is 12.9. The van der Waals surface area contributed by atoms with Gasteiger partial charge in [-0.3, -0.25) is 0 Å². The van der Waals surface area contributed by atoms with Gasteiger partial charge in [0.1, 0.15) is 16.3 Å². The third-order valence-electron chi connectivity index (χ3n) is 4.15. The number of carbonyl (C=O) groups excluding carboxylic acids is 1. The van der Waals surface area contributed by atoms with Crippen molar-refractivity contribution in [1.29, 1.82) is 0 Å². The molecule has 0 fully saturated rings. The highest BCUT2D eigenvalue weighted by molar-refractivity contribution is 6.27. The number of allylic oxidation sites excluding steroid dienone is 4. The fourth-order valence-electron chi connectivity index (χ4n) is 2.78. The summed E-state index contributed by atoms with van der Waals surface area (Å²) in [5, 5.41) is 9.60. The third-order valence-corrected chi connectivity index (χ3v) is 4.60. The summed E-state index contributed by atoms with van der Waals surface area (Å²) in [4.78, 5) is 22.5. The van der Waals surface area contributed by atoms with Crippen molar-refractivity contribution in [2.24, 2.45) is 5.73 Å². The summed E-state index contributed by atoms with van der Waals surface area (Å²) in [7, 11) is 0. The van der Waals surface area contributed by atoms with E-state index in [1.807, 2.05) is 30.3 Å². The maximum atomic E-state index is 14.6. The Labute approximate surface area is 164 Å². The molecular formula is C20H23ClFNO4. The van der Waals surface area contributed by atoms with Gasteiger partial charge in [-0.2, -0.15) is 0 Å². The van der Waals surface area contributed by atoms with E-state index in [9.17, 15) is 19.1 Å². The summed E-state index contributed by atoms with van der Waals surface area (Å²) >= 11 is 6.48. The van der Waals surface area contributed by atoms with E-state index in [-0.39, 0.29) is 13.3 Å². The number of carbonyl (C=O) groups is 2. The fourth-order valence-corrected chi connectivity index (χ4v) is 3.20. The minimum absolute atomic E-state index is 0.0533. The molecule has 27 heavy (non-hydrogen) atoms. The van der Waals surface area contributed by atoms with Crippen LogP contribution in [-0.4, -0.2) is 33.1 Å². The van der Waals surface area contributed by atoms with Gasteiger partial charge >= 0.3 is 11.9 Å². The lowest BCUT2D eigenvalue weighted by Gasteiger charge is -2.36. The van der Waals surface area contributed by atoms with Crippen molar-refractivity contribution >= 4 is 29.1 Å². The fraction of sp³-hybridized carbons (Fsp3) is 0.400. The molecule has 1 aliphatic rings. The summed E-state index contributed by atoms with van der Waals surface area (Å²) in [6, 6.07) is 9.09. The number of aliphatic carboxylic acids is 1. The van der Waals surface area contributed by atoms with Crippen molar-refractivity contribution in [3.8, 4) is 0 Å². The van der Waals surface area contributed by atoms with Crippen molar-refractivity contribution in [3.05, 3.63) is 53.9 Å². The second-order valence-electron chi connectivity index (χ2n) is 7.32. The number of nitrogens with two attached hydrogens (primary N) is 1. The van der Waals surface area contributed by atoms with Crippen LogP contribution in [-0.2, 0) is 14.3 Å². The molecule has 2 rings (SSSR count). The zero-order chi connectivity index (χ0) is 21.2. The molecule has 1 aromatic carbocycles. The zero-order valence-electron chi connectivity index (χ0n) is 16.2. The molecule has 0 aromatic heterocycles. The van der Waals surface area contributed by atoms with E-state index in [4.69, 9.17) is 23.4 Å². The van der Waals surface area contributed by atoms with Crippen LogP contribution in [0.15, 0.2) is 48.3 Å². The third kappa shape index (κ3) is 4.76. The van der Waals surface area contributed by atoms with Gasteiger partial charge in [0.25, 0.3) is 0 Å². The average molecular weight is 397 g/mol. The molecule has 0 spiro atoms. The van der Waals surface area contributed by atoms with E-state index in [2.05, 4.69) is 0 Å². The highest BCUT2D eigenvalue weighted by atomic mass is 35.5. The van der Waals surface area contributed by atoms with Crippen molar-refractivity contribution in [3.63, 3.8) is 0 Å². The molecule has 0 radical (unpaired) electrons. The Balaban J connectivity index is 2.33. The first-order valence-corrected chi connectivity index (χ1v) is 8.67. The maximum Gasteiger partial charge on any atom is 0.338 e. The number of halogens is 2. The van der Waals surface area contributed by atoms with Gasteiger partial charge < -0.3 is 15.6 Å². The Morgan fingerprint density at radius 3 is 2.56 bits per heavy atom. The molecule has 1 aliphatic carbocycles. The first-order valence-electron chi connectivity index (χ1n) is 9.00. The quantitative estimate of drug-likeness (QED) is 0.448. The minimum atomic E-state index is -2.57. The molecule has 1 aromatic rings. The number of esters is 1. The second-order valence-corrected chi connectivity index (χ2v) is 8.04. The molecule has 0 heterocycles. The molecule has 3 N–H and O–H groups in total. The van der Waals surface area contributed by atoms with Crippen LogP contribution in [0, 0.1) is 0 Å². The van der Waals surface area contributed by atoms with E-state index in [0.717, 1.165) is 11.6 Å². The van der Waals surface area contributed by atoms with E-state index in [1.165, 1.54) is 13.8 Å². The number of hydrogen-bond donors (Lipinski definition) is 2. The lowest BCUT2D eigenvalue weighted by Crippen LogP contribution is -2.60. The average Bonchev–Trinajstić information content (AvgIpc) is 2.64. The van der Waals surface area contributed by atoms with Crippen molar-refractivity contribution < 1.29 is 25.2 Å². The Morgan fingerprint density at radius 1 is 1.37 bits per heavy atom. The molecule has 0 saturated carbocycles. The van der Waals surface area contributed by atoms with Crippen LogP contribution in [0.1, 0.15) is 40.5 Å². The molecule has 146 valence electrons. The molecule has 0 saturated heterocycles. The first kappa shape index (κ1) is 19.6. The van der Waals surface area contributed by atoms with Gasteiger partial charge in [-0.25, -0.2) is 14.0 Å². The van der Waals surface area contributed by atoms with Crippen molar-refractivity contribution in [1.82, 2.24) is 0 Å². The summed E-state index contributed by atoms with van der Waals surface area (Å²) in [5.74, 6) is -3.72. The summed E-state index contributed by atoms with van der Waals surface area (Å²) in [6.07, 6.45) is 1.95. The van der Waals surface area contributed by atoms with E-state index >= 15 is 0 Å². The molecule has 0 bridgehead atoms. The van der Waals surface area contributed by atoms with Crippen LogP contribution in [0.3, 0.4) is 0 Å². The van der Waals surface area contributed by atoms with Crippen molar-refractivity contribution in [2.45, 2.75) is 49.6 Å². The minimum Gasteiger partial charge on any atom is -0.479 e. The molecular weight excluding hydrogens is 373 g/mol. The summed E-state index contributed by atoms with van der Waals surface area (Å²) in [6.45, 7) is 2.61. The standard InChI is InChI=1S/C20H23ClFNO4/c1-18(2,3)27-17(26)20(23,16(24)25)12-19(21)11-14(9-10-15(19)22)13-7-5-4-6-8-13/h4-10H,11-12,23H2,1-3H3,(H,24,25)/i1D. The number of hydrogen-bond acceptors (Lipinski definition) is 4. The molecule has 0 aliphatic heterocycles. The van der Waals surface area contributed by atoms with Crippen LogP contribution in [0.25, 0.3) is 5.57 Å². The number of ether oxygens (including phenoxy) is 1.